The molecule has 0 aliphatic carbocycles. The molecule has 0 aromatic carbocycles. The van der Waals surface area contributed by atoms with E-state index in [1.807, 2.05) is 0 Å². The van der Waals surface area contributed by atoms with Crippen LogP contribution < -0.4 is 38.1 Å². The Hall–Kier alpha value is -4.60. The number of anilines is 1. The van der Waals surface area contributed by atoms with Gasteiger partial charge in [0.05, 0.1) is 32.1 Å². The molecule has 37 heteroatoms. The van der Waals surface area contributed by atoms with Gasteiger partial charge in [-0.25, -0.2) is 33.4 Å². The predicted molar refractivity (Wildman–Crippen MR) is 249 cm³/mol. The van der Waals surface area contributed by atoms with E-state index in [2.05, 4.69) is 50.4 Å². The molecule has 5 amide bonds. The molecule has 2 aromatic rings. The zero-order valence-corrected chi connectivity index (χ0v) is 43.0. The monoisotopic (exact) mass is 1120 g/mol. The number of nitrogens with two attached hydrogens (primary N) is 2. The van der Waals surface area contributed by atoms with E-state index >= 15 is 0 Å². The van der Waals surface area contributed by atoms with E-state index in [0.717, 1.165) is 29.0 Å². The number of nitrogen functional groups attached to an aromatic ring is 1. The second kappa shape index (κ2) is 27.8. The molecule has 1 aliphatic heterocycles. The van der Waals surface area contributed by atoms with Crippen LogP contribution in [0, 0.1) is 5.41 Å². The number of amides is 5. The number of unbranched alkanes of at least 4 members (excludes halogenated alkanes) is 1. The zero-order valence-electron chi connectivity index (χ0n) is 39.5. The van der Waals surface area contributed by atoms with Crippen molar-refractivity contribution >= 4 is 92.8 Å². The highest BCUT2D eigenvalue weighted by molar-refractivity contribution is 8.13. The maximum Gasteiger partial charge on any atom is 0.481 e. The highest BCUT2D eigenvalue weighted by Crippen LogP contribution is 2.61. The van der Waals surface area contributed by atoms with Crippen molar-refractivity contribution in [1.29, 1.82) is 0 Å². The van der Waals surface area contributed by atoms with Crippen LogP contribution in [0.1, 0.15) is 66.0 Å². The molecular formula is C36H60N11O22P3S. The lowest BCUT2D eigenvalue weighted by atomic mass is 9.87. The van der Waals surface area contributed by atoms with Gasteiger partial charge in [-0.1, -0.05) is 32.0 Å². The molecule has 412 valence electrons. The van der Waals surface area contributed by atoms with Crippen molar-refractivity contribution in [1.82, 2.24) is 46.1 Å². The summed E-state index contributed by atoms with van der Waals surface area (Å²) in [6.07, 6.45) is -6.74. The van der Waals surface area contributed by atoms with Crippen molar-refractivity contribution in [2.24, 2.45) is 11.1 Å². The summed E-state index contributed by atoms with van der Waals surface area (Å²) >= 11 is 0.792. The number of nitrogens with zero attached hydrogens (tertiary/aromatic N) is 4. The van der Waals surface area contributed by atoms with Gasteiger partial charge in [0.2, 0.25) is 34.7 Å². The average molecular weight is 1120 g/mol. The number of aliphatic hydroxyl groups is 2. The Morgan fingerprint density at radius 1 is 0.877 bits per heavy atom. The number of carbonyl (C=O) groups is 7. The lowest BCUT2D eigenvalue weighted by Crippen LogP contribution is -2.49. The van der Waals surface area contributed by atoms with Gasteiger partial charge < -0.3 is 77.7 Å². The number of carboxylic acid groups (broad SMARTS) is 1. The molecule has 73 heavy (non-hydrogen) atoms. The highest BCUT2D eigenvalue weighted by atomic mass is 32.2. The van der Waals surface area contributed by atoms with Crippen LogP contribution in [-0.4, -0.2) is 176 Å². The molecule has 3 rings (SSSR count). The van der Waals surface area contributed by atoms with Gasteiger partial charge in [0, 0.05) is 37.1 Å². The number of ether oxygens (including phenoxy) is 1. The first kappa shape index (κ1) is 62.7. The second-order valence-corrected chi connectivity index (χ2v) is 22.0. The number of aliphatic hydroxyl groups excluding tert-OH is 2. The number of hydrogen-bond acceptors (Lipinski definition) is 23. The minimum absolute atomic E-state index is 0.00510. The number of nitrogens with one attached hydrogen (secondary N) is 5. The first-order valence-electron chi connectivity index (χ1n) is 21.7. The van der Waals surface area contributed by atoms with Crippen LogP contribution in [0.4, 0.5) is 5.82 Å². The molecule has 0 spiro atoms. The summed E-state index contributed by atoms with van der Waals surface area (Å²) in [5, 5.41) is 42.3. The smallest absolute Gasteiger partial charge is 0.480 e. The van der Waals surface area contributed by atoms with Crippen LogP contribution >= 0.6 is 35.2 Å². The summed E-state index contributed by atoms with van der Waals surface area (Å²) < 4.78 is 62.3. The number of thioether (sulfide) groups is 1. The first-order chi connectivity index (χ1) is 33.9. The maximum atomic E-state index is 12.8. The van der Waals surface area contributed by atoms with Crippen molar-refractivity contribution in [3.63, 3.8) is 0 Å². The Labute approximate surface area is 419 Å². The minimum atomic E-state index is -5.63. The fourth-order valence-electron chi connectivity index (χ4n) is 6.33. The van der Waals surface area contributed by atoms with Crippen LogP contribution in [0.3, 0.4) is 0 Å². The SMILES string of the molecule is CC(NC(=O)CCCCC(NC(=O)CN)C(=O)O)C(=O)NC(C)C(=O)SCCNC(=O)CCNC(=O)C(O)C(C)(C)COP(=O)(O)OP(=O)(O)OCC1OC(n2cnc3c(N)ncnc32)C(O)C1OP(=O)(O)O. The molecule has 16 N–H and O–H groups in total. The number of phosphoric acid groups is 3. The zero-order chi connectivity index (χ0) is 55.1. The summed E-state index contributed by atoms with van der Waals surface area (Å²) in [6, 6.07) is -3.17. The second-order valence-electron chi connectivity index (χ2n) is 16.7. The van der Waals surface area contributed by atoms with Crippen molar-refractivity contribution in [3.8, 4) is 0 Å². The van der Waals surface area contributed by atoms with Gasteiger partial charge in [-0.2, -0.15) is 4.31 Å². The number of aromatic nitrogens is 4. The number of phosphoric ester groups is 3. The molecule has 0 saturated carbocycles. The van der Waals surface area contributed by atoms with Crippen LogP contribution in [0.15, 0.2) is 12.7 Å². The number of hydrogen-bond donors (Lipinski definition) is 14. The van der Waals surface area contributed by atoms with Gasteiger partial charge in [-0.15, -0.1) is 0 Å². The fourth-order valence-corrected chi connectivity index (χ4v) is 9.87. The van der Waals surface area contributed by atoms with Gasteiger partial charge in [-0.05, 0) is 26.7 Å². The Kier molecular flexibility index (Phi) is 23.9. The topological polar surface area (TPSA) is 514 Å². The largest absolute Gasteiger partial charge is 0.481 e. The van der Waals surface area contributed by atoms with Crippen LogP contribution in [0.25, 0.3) is 11.2 Å². The van der Waals surface area contributed by atoms with Crippen LogP contribution in [-0.2, 0) is 69.9 Å². The summed E-state index contributed by atoms with van der Waals surface area (Å²) in [5.41, 5.74) is 9.32. The third-order valence-electron chi connectivity index (χ3n) is 10.2. The molecule has 2 aromatic heterocycles. The molecule has 1 fully saturated rings. The van der Waals surface area contributed by atoms with E-state index in [1.165, 1.54) is 27.7 Å². The molecule has 10 atom stereocenters. The number of imidazole rings is 1. The van der Waals surface area contributed by atoms with E-state index in [4.69, 9.17) is 25.3 Å². The highest BCUT2D eigenvalue weighted by Gasteiger charge is 2.50. The summed E-state index contributed by atoms with van der Waals surface area (Å²) in [5.74, 6) is -4.65. The fraction of sp³-hybridized carbons (Fsp3) is 0.667. The Bertz CT molecular complexity index is 2430. The summed E-state index contributed by atoms with van der Waals surface area (Å²) in [6.45, 7) is 2.41. The van der Waals surface area contributed by atoms with Crippen molar-refractivity contribution in [3.05, 3.63) is 12.7 Å². The third-order valence-corrected chi connectivity index (χ3v) is 14.3. The molecule has 0 bridgehead atoms. The van der Waals surface area contributed by atoms with Gasteiger partial charge in [0.25, 0.3) is 0 Å². The van der Waals surface area contributed by atoms with Crippen molar-refractivity contribution < 1.29 is 105 Å². The molecular weight excluding hydrogens is 1060 g/mol. The Morgan fingerprint density at radius 2 is 1.55 bits per heavy atom. The normalized spacial score (nSPS) is 20.4. The number of carboxylic acids is 1. The summed E-state index contributed by atoms with van der Waals surface area (Å²) in [7, 11) is -16.6. The van der Waals surface area contributed by atoms with Gasteiger partial charge in [0.1, 0.15) is 48.3 Å². The molecule has 10 unspecified atom stereocenters. The first-order valence-corrected chi connectivity index (χ1v) is 27.2. The van der Waals surface area contributed by atoms with Crippen LogP contribution in [0.2, 0.25) is 0 Å². The van der Waals surface area contributed by atoms with E-state index in [0.29, 0.717) is 0 Å². The molecule has 3 heterocycles. The maximum absolute atomic E-state index is 12.8. The lowest BCUT2D eigenvalue weighted by Gasteiger charge is -2.30. The van der Waals surface area contributed by atoms with E-state index < -0.39 is 131 Å². The van der Waals surface area contributed by atoms with Gasteiger partial charge in [0.15, 0.2) is 17.7 Å². The molecule has 1 saturated heterocycles. The average Bonchev–Trinajstić information content (AvgIpc) is 3.86. The van der Waals surface area contributed by atoms with Crippen molar-refractivity contribution in [2.75, 3.05) is 44.3 Å². The van der Waals surface area contributed by atoms with Gasteiger partial charge >= 0.3 is 29.4 Å². The number of carbonyl (C=O) groups excluding carboxylic acids is 6. The molecule has 33 nitrogen and oxygen atoms in total. The predicted octanol–water partition coefficient (Wildman–Crippen LogP) is -3.24. The number of fused-ring (bicyclic) bond motifs is 1. The quantitative estimate of drug-likeness (QED) is 0.0261. The molecule has 0 radical (unpaired) electrons. The van der Waals surface area contributed by atoms with E-state index in [1.54, 1.807) is 0 Å². The van der Waals surface area contributed by atoms with Crippen molar-refractivity contribution in [2.45, 2.75) is 109 Å². The third kappa shape index (κ3) is 20.6. The lowest BCUT2D eigenvalue weighted by molar-refractivity contribution is -0.141. The Morgan fingerprint density at radius 3 is 2.19 bits per heavy atom. The van der Waals surface area contributed by atoms with Crippen LogP contribution in [0.5, 0.6) is 0 Å². The summed E-state index contributed by atoms with van der Waals surface area (Å²) in [4.78, 5) is 136. The molecule has 1 aliphatic rings. The minimum Gasteiger partial charge on any atom is -0.480 e. The number of aliphatic carboxylic acids is 1. The van der Waals surface area contributed by atoms with E-state index in [-0.39, 0.29) is 74.5 Å². The van der Waals surface area contributed by atoms with Gasteiger partial charge in [-0.3, -0.25) is 46.9 Å². The van der Waals surface area contributed by atoms with E-state index in [9.17, 15) is 82.2 Å². The number of rotatable bonds is 31. The Balaban J connectivity index is 1.36. The standard InChI is InChI=1S/C36H60N11O22P3S/c1-18(44-23(49)8-6-5-7-20(34(55)56)46-24(50)13-37)31(53)45-19(2)35(57)73-12-11-39-22(48)9-10-40-32(54)28(52)36(3,4)15-66-72(63,64)69-71(61,62)65-14-21-27(68-70(58,59)60)26(51)33(67-21)47-17-43-25-29(38)41-16-42-30(25)47/h16-21,26-28,33,51-52H,5-15,37H2,1-4H3,(H,39,48)(H,40,54)(H,44,49)(H,45,53)(H,46,50)(H,55,56)(H,61,62)(H,63,64)(H2,38,41,42)(H2,58,59,60).